The molecule has 1 saturated heterocycles. The fourth-order valence-electron chi connectivity index (χ4n) is 2.74. The van der Waals surface area contributed by atoms with E-state index < -0.39 is 28.4 Å². The number of aliphatic carboxylic acids is 1. The van der Waals surface area contributed by atoms with Gasteiger partial charge in [0.05, 0.1) is 10.5 Å². The summed E-state index contributed by atoms with van der Waals surface area (Å²) in [6.07, 6.45) is -0.154. The molecule has 7 heteroatoms. The molecule has 0 amide bonds. The predicted molar refractivity (Wildman–Crippen MR) is 77.4 cm³/mol. The van der Waals surface area contributed by atoms with Gasteiger partial charge in [0.15, 0.2) is 11.4 Å². The zero-order chi connectivity index (χ0) is 16.5. The maximum Gasteiger partial charge on any atom is 0.338 e. The van der Waals surface area contributed by atoms with Gasteiger partial charge in [-0.3, -0.25) is 10.1 Å². The third-order valence-electron chi connectivity index (χ3n) is 4.15. The third kappa shape index (κ3) is 2.46. The molecule has 120 valence electrons. The molecule has 2 atom stereocenters. The first kappa shape index (κ1) is 16.4. The van der Waals surface area contributed by atoms with Crippen LogP contribution >= 0.6 is 0 Å². The van der Waals surface area contributed by atoms with E-state index in [-0.39, 0.29) is 11.3 Å². The summed E-state index contributed by atoms with van der Waals surface area (Å²) in [5, 5.41) is 20.8. The van der Waals surface area contributed by atoms with E-state index in [0.29, 0.717) is 12.8 Å². The van der Waals surface area contributed by atoms with Crippen LogP contribution in [0.25, 0.3) is 0 Å². The van der Waals surface area contributed by atoms with Crippen molar-refractivity contribution >= 4 is 11.7 Å². The van der Waals surface area contributed by atoms with E-state index in [0.717, 1.165) is 0 Å². The highest BCUT2D eigenvalue weighted by atomic mass is 16.8. The number of hydrogen-bond acceptors (Lipinski definition) is 5. The second-order valence-electron chi connectivity index (χ2n) is 5.45. The molecular weight excluding hydrogens is 290 g/mol. The number of hydrogen-bond donors (Lipinski definition) is 1. The molecule has 1 aliphatic heterocycles. The number of carbonyl (C=O) groups is 1. The average Bonchev–Trinajstić information content (AvgIpc) is 2.82. The van der Waals surface area contributed by atoms with Crippen LogP contribution in [-0.4, -0.2) is 27.4 Å². The van der Waals surface area contributed by atoms with Crippen LogP contribution in [0.15, 0.2) is 24.3 Å². The molecule has 0 aliphatic carbocycles. The quantitative estimate of drug-likeness (QED) is 0.663. The Morgan fingerprint density at radius 2 is 1.95 bits per heavy atom. The van der Waals surface area contributed by atoms with Gasteiger partial charge in [0.2, 0.25) is 0 Å². The number of benzene rings is 1. The highest BCUT2D eigenvalue weighted by Crippen LogP contribution is 2.50. The first-order valence-corrected chi connectivity index (χ1v) is 7.14. The Balaban J connectivity index is 2.57. The molecule has 2 rings (SSSR count). The van der Waals surface area contributed by atoms with Crippen molar-refractivity contribution in [1.82, 2.24) is 0 Å². The molecule has 1 aromatic carbocycles. The summed E-state index contributed by atoms with van der Waals surface area (Å²) in [5.41, 5.74) is -1.65. The van der Waals surface area contributed by atoms with Crippen LogP contribution in [0.2, 0.25) is 0 Å². The SMILES string of the molecule is CCC1(CC)O[C@H](c2ccccc2[N+](=O)[O-])[C@@](C)(C(=O)O)O1. The van der Waals surface area contributed by atoms with E-state index in [1.165, 1.54) is 25.1 Å². The topological polar surface area (TPSA) is 98.9 Å². The molecule has 1 N–H and O–H groups in total. The van der Waals surface area contributed by atoms with Gasteiger partial charge in [-0.25, -0.2) is 4.79 Å². The summed E-state index contributed by atoms with van der Waals surface area (Å²) < 4.78 is 11.6. The van der Waals surface area contributed by atoms with E-state index in [4.69, 9.17) is 9.47 Å². The number of ether oxygens (including phenoxy) is 2. The Labute approximate surface area is 128 Å². The molecule has 0 aromatic heterocycles. The second-order valence-corrected chi connectivity index (χ2v) is 5.45. The molecule has 1 aliphatic rings. The van der Waals surface area contributed by atoms with Crippen molar-refractivity contribution in [2.24, 2.45) is 0 Å². The molecule has 0 spiro atoms. The minimum atomic E-state index is -1.68. The van der Waals surface area contributed by atoms with Crippen LogP contribution in [0, 0.1) is 10.1 Å². The molecule has 1 aromatic rings. The number of nitro benzene ring substituents is 1. The van der Waals surface area contributed by atoms with Gasteiger partial charge in [-0.05, 0) is 25.8 Å². The van der Waals surface area contributed by atoms with E-state index in [2.05, 4.69) is 0 Å². The number of rotatable bonds is 5. The first-order valence-electron chi connectivity index (χ1n) is 7.14. The third-order valence-corrected chi connectivity index (χ3v) is 4.15. The molecule has 0 radical (unpaired) electrons. The predicted octanol–water partition coefficient (Wildman–Crippen LogP) is 3.04. The van der Waals surface area contributed by atoms with Gasteiger partial charge < -0.3 is 14.6 Å². The Bertz CT molecular complexity index is 597. The molecule has 1 fully saturated rings. The standard InChI is InChI=1S/C15H19NO6/c1-4-15(5-2)21-12(14(3,22-15)13(17)18)10-8-6-7-9-11(10)16(19)20/h6-9,12H,4-5H2,1-3H3,(H,17,18)/t12-,14+/m1/s1. The van der Waals surface area contributed by atoms with Crippen molar-refractivity contribution in [3.8, 4) is 0 Å². The minimum Gasteiger partial charge on any atom is -0.479 e. The molecule has 0 bridgehead atoms. The first-order chi connectivity index (χ1) is 10.3. The number of nitro groups is 1. The molecule has 0 saturated carbocycles. The van der Waals surface area contributed by atoms with Gasteiger partial charge in [-0.15, -0.1) is 0 Å². The Kier molecular flexibility index (Phi) is 4.21. The van der Waals surface area contributed by atoms with Crippen LogP contribution in [0.1, 0.15) is 45.3 Å². The maximum atomic E-state index is 11.7. The molecule has 22 heavy (non-hydrogen) atoms. The summed E-state index contributed by atoms with van der Waals surface area (Å²) in [7, 11) is 0. The minimum absolute atomic E-state index is 0.174. The van der Waals surface area contributed by atoms with Crippen LogP contribution in [0.3, 0.4) is 0 Å². The van der Waals surface area contributed by atoms with Gasteiger partial charge in [-0.1, -0.05) is 26.0 Å². The normalized spacial score (nSPS) is 26.8. The lowest BCUT2D eigenvalue weighted by atomic mass is 9.92. The van der Waals surface area contributed by atoms with Crippen molar-refractivity contribution in [1.29, 1.82) is 0 Å². The Morgan fingerprint density at radius 1 is 1.36 bits per heavy atom. The van der Waals surface area contributed by atoms with Gasteiger partial charge in [0.25, 0.3) is 5.69 Å². The highest BCUT2D eigenvalue weighted by Gasteiger charge is 2.59. The van der Waals surface area contributed by atoms with Gasteiger partial charge in [0, 0.05) is 6.07 Å². The summed E-state index contributed by atoms with van der Waals surface area (Å²) in [4.78, 5) is 22.4. The lowest BCUT2D eigenvalue weighted by Crippen LogP contribution is -2.42. The Morgan fingerprint density at radius 3 is 2.45 bits per heavy atom. The monoisotopic (exact) mass is 309 g/mol. The fourth-order valence-corrected chi connectivity index (χ4v) is 2.74. The number of carboxylic acids is 1. The van der Waals surface area contributed by atoms with Crippen LogP contribution in [0.5, 0.6) is 0 Å². The fraction of sp³-hybridized carbons (Fsp3) is 0.533. The second kappa shape index (κ2) is 5.66. The smallest absolute Gasteiger partial charge is 0.338 e. The lowest BCUT2D eigenvalue weighted by molar-refractivity contribution is -0.386. The zero-order valence-electron chi connectivity index (χ0n) is 12.7. The Hall–Kier alpha value is -1.99. The summed E-state index contributed by atoms with van der Waals surface area (Å²) in [5.74, 6) is -2.26. The van der Waals surface area contributed by atoms with E-state index in [1.54, 1.807) is 6.07 Å². The number of carboxylic acid groups (broad SMARTS) is 1. The van der Waals surface area contributed by atoms with Crippen LogP contribution in [-0.2, 0) is 14.3 Å². The van der Waals surface area contributed by atoms with Crippen LogP contribution in [0.4, 0.5) is 5.69 Å². The van der Waals surface area contributed by atoms with Crippen LogP contribution < -0.4 is 0 Å². The van der Waals surface area contributed by atoms with Crippen molar-refractivity contribution in [2.75, 3.05) is 0 Å². The summed E-state index contributed by atoms with van der Waals surface area (Å²) in [6, 6.07) is 5.99. The van der Waals surface area contributed by atoms with Gasteiger partial charge >= 0.3 is 5.97 Å². The van der Waals surface area contributed by atoms with Crippen molar-refractivity contribution in [3.05, 3.63) is 39.9 Å². The zero-order valence-corrected chi connectivity index (χ0v) is 12.7. The largest absolute Gasteiger partial charge is 0.479 e. The van der Waals surface area contributed by atoms with Crippen molar-refractivity contribution < 1.29 is 24.3 Å². The van der Waals surface area contributed by atoms with Crippen molar-refractivity contribution in [3.63, 3.8) is 0 Å². The van der Waals surface area contributed by atoms with E-state index in [1.807, 2.05) is 13.8 Å². The van der Waals surface area contributed by atoms with E-state index >= 15 is 0 Å². The number of nitrogens with zero attached hydrogens (tertiary/aromatic N) is 1. The summed E-state index contributed by atoms with van der Waals surface area (Å²) >= 11 is 0. The number of para-hydroxylation sites is 1. The highest BCUT2D eigenvalue weighted by molar-refractivity contribution is 5.79. The molecular formula is C15H19NO6. The maximum absolute atomic E-state index is 11.7. The lowest BCUT2D eigenvalue weighted by Gasteiger charge is -2.26. The summed E-state index contributed by atoms with van der Waals surface area (Å²) in [6.45, 7) is 5.05. The molecule has 0 unspecified atom stereocenters. The van der Waals surface area contributed by atoms with Gasteiger partial charge in [-0.2, -0.15) is 0 Å². The molecule has 7 nitrogen and oxygen atoms in total. The van der Waals surface area contributed by atoms with Gasteiger partial charge in [0.1, 0.15) is 6.10 Å². The molecule has 1 heterocycles. The van der Waals surface area contributed by atoms with Crippen molar-refractivity contribution in [2.45, 2.75) is 51.1 Å². The average molecular weight is 309 g/mol. The van der Waals surface area contributed by atoms with E-state index in [9.17, 15) is 20.0 Å².